The zero-order valence-electron chi connectivity index (χ0n) is 11.7. The number of halogens is 1. The molecule has 6 heteroatoms. The Morgan fingerprint density at radius 2 is 2.14 bits per heavy atom. The molecule has 1 aromatic carbocycles. The lowest BCUT2D eigenvalue weighted by atomic mass is 10.3. The van der Waals surface area contributed by atoms with Crippen molar-refractivity contribution in [3.63, 3.8) is 0 Å². The summed E-state index contributed by atoms with van der Waals surface area (Å²) in [6.45, 7) is 3.77. The number of nitriles is 1. The van der Waals surface area contributed by atoms with Gasteiger partial charge in [0.25, 0.3) is 0 Å². The predicted molar refractivity (Wildman–Crippen MR) is 86.8 cm³/mol. The number of hydrogen-bond donors (Lipinski definition) is 1. The monoisotopic (exact) mass is 322 g/mol. The maximum atomic E-state index is 11.2. The summed E-state index contributed by atoms with van der Waals surface area (Å²) in [5.41, 5.74) is 1.32. The molecule has 4 nitrogen and oxygen atoms in total. The largest absolute Gasteiger partial charge is 0.463 e. The van der Waals surface area contributed by atoms with E-state index in [1.807, 2.05) is 12.1 Å². The second-order valence-electron chi connectivity index (χ2n) is 3.87. The van der Waals surface area contributed by atoms with Crippen molar-refractivity contribution in [1.29, 1.82) is 5.26 Å². The molecule has 110 valence electrons. The van der Waals surface area contributed by atoms with Gasteiger partial charge in [-0.05, 0) is 43.5 Å². The molecule has 1 rings (SSSR count). The van der Waals surface area contributed by atoms with E-state index in [1.165, 1.54) is 17.8 Å². The molecule has 0 spiro atoms. The van der Waals surface area contributed by atoms with E-state index in [0.29, 0.717) is 22.2 Å². The van der Waals surface area contributed by atoms with Gasteiger partial charge in [0.05, 0.1) is 23.3 Å². The van der Waals surface area contributed by atoms with Gasteiger partial charge in [-0.2, -0.15) is 5.26 Å². The smallest absolute Gasteiger partial charge is 0.331 e. The van der Waals surface area contributed by atoms with Gasteiger partial charge in [-0.15, -0.1) is 0 Å². The van der Waals surface area contributed by atoms with Gasteiger partial charge in [-0.3, -0.25) is 0 Å². The molecule has 0 aromatic heterocycles. The number of ether oxygens (including phenoxy) is 1. The van der Waals surface area contributed by atoms with E-state index < -0.39 is 5.97 Å². The number of anilines is 1. The molecular formula is C15H15ClN2O2S. The lowest BCUT2D eigenvalue weighted by Gasteiger charge is -2.09. The summed E-state index contributed by atoms with van der Waals surface area (Å²) >= 11 is 7.07. The Morgan fingerprint density at radius 3 is 2.71 bits per heavy atom. The maximum Gasteiger partial charge on any atom is 0.331 e. The van der Waals surface area contributed by atoms with Crippen LogP contribution in [-0.2, 0) is 9.53 Å². The van der Waals surface area contributed by atoms with Gasteiger partial charge in [0.15, 0.2) is 0 Å². The molecule has 0 bridgehead atoms. The van der Waals surface area contributed by atoms with Gasteiger partial charge in [-0.1, -0.05) is 23.4 Å². The Hall–Kier alpha value is -1.90. The summed E-state index contributed by atoms with van der Waals surface area (Å²) in [6.07, 6.45) is 1.32. The fraction of sp³-hybridized carbons (Fsp3) is 0.200. The topological polar surface area (TPSA) is 62.1 Å². The number of nitrogens with one attached hydrogen (secondary N) is 1. The second-order valence-corrected chi connectivity index (χ2v) is 5.22. The number of thioether (sulfide) groups is 1. The van der Waals surface area contributed by atoms with E-state index in [1.54, 1.807) is 31.4 Å². The van der Waals surface area contributed by atoms with Gasteiger partial charge in [0, 0.05) is 16.8 Å². The van der Waals surface area contributed by atoms with E-state index in [9.17, 15) is 4.79 Å². The fourth-order valence-corrected chi connectivity index (χ4v) is 2.12. The number of carbonyl (C=O) groups excluding carboxylic acids is 1. The molecule has 0 atom stereocenters. The molecule has 0 aliphatic rings. The molecule has 1 N–H and O–H groups in total. The van der Waals surface area contributed by atoms with Crippen molar-refractivity contribution in [1.82, 2.24) is 0 Å². The van der Waals surface area contributed by atoms with Crippen LogP contribution >= 0.6 is 23.4 Å². The molecule has 0 radical (unpaired) electrons. The first-order valence-corrected chi connectivity index (χ1v) is 7.46. The highest BCUT2D eigenvalue weighted by Crippen LogP contribution is 2.24. The Balaban J connectivity index is 2.77. The number of esters is 1. The van der Waals surface area contributed by atoms with Crippen molar-refractivity contribution in [3.8, 4) is 6.07 Å². The van der Waals surface area contributed by atoms with Gasteiger partial charge in [0.1, 0.15) is 0 Å². The highest BCUT2D eigenvalue weighted by Gasteiger charge is 2.04. The molecule has 21 heavy (non-hydrogen) atoms. The minimum Gasteiger partial charge on any atom is -0.463 e. The third kappa shape index (κ3) is 6.39. The van der Waals surface area contributed by atoms with Crippen LogP contribution < -0.4 is 5.32 Å². The first kappa shape index (κ1) is 17.2. The van der Waals surface area contributed by atoms with Gasteiger partial charge < -0.3 is 10.1 Å². The normalized spacial score (nSPS) is 11.7. The average molecular weight is 323 g/mol. The highest BCUT2D eigenvalue weighted by molar-refractivity contribution is 8.06. The molecule has 0 saturated heterocycles. The number of nitrogens with zero attached hydrogens (tertiary/aromatic N) is 1. The third-order valence-corrected chi connectivity index (χ3v) is 3.46. The Morgan fingerprint density at radius 1 is 1.48 bits per heavy atom. The first-order chi connectivity index (χ1) is 10.1. The van der Waals surface area contributed by atoms with Crippen LogP contribution in [0.5, 0.6) is 0 Å². The van der Waals surface area contributed by atoms with Crippen molar-refractivity contribution < 1.29 is 9.53 Å². The Bertz CT molecular complexity index is 589. The number of carbonyl (C=O) groups is 1. The van der Waals surface area contributed by atoms with E-state index in [0.717, 1.165) is 5.69 Å². The Labute approximate surface area is 133 Å². The number of rotatable bonds is 6. The lowest BCUT2D eigenvalue weighted by molar-refractivity contribution is -0.137. The molecule has 0 aliphatic heterocycles. The van der Waals surface area contributed by atoms with Gasteiger partial charge >= 0.3 is 5.97 Å². The summed E-state index contributed by atoms with van der Waals surface area (Å²) in [7, 11) is 0. The molecule has 0 saturated carbocycles. The van der Waals surface area contributed by atoms with Crippen molar-refractivity contribution in [2.24, 2.45) is 0 Å². The fourth-order valence-electron chi connectivity index (χ4n) is 1.27. The zero-order chi connectivity index (χ0) is 15.7. The van der Waals surface area contributed by atoms with Crippen LogP contribution in [-0.4, -0.2) is 12.6 Å². The van der Waals surface area contributed by atoms with Crippen LogP contribution in [0, 0.1) is 11.3 Å². The van der Waals surface area contributed by atoms with Crippen LogP contribution in [0.25, 0.3) is 0 Å². The standard InChI is InChI=1S/C15H15ClN2O2S/c1-3-20-14(19)8-9-21-15(11(2)10-17)18-13-6-4-12(16)5-7-13/h4-9,18H,3H2,1-2H3/b9-8-,15-11+. The zero-order valence-corrected chi connectivity index (χ0v) is 13.3. The molecular weight excluding hydrogens is 308 g/mol. The van der Waals surface area contributed by atoms with E-state index in [2.05, 4.69) is 11.4 Å². The maximum absolute atomic E-state index is 11.2. The van der Waals surface area contributed by atoms with Crippen molar-refractivity contribution in [2.45, 2.75) is 13.8 Å². The Kier molecular flexibility index (Phi) is 7.44. The van der Waals surface area contributed by atoms with Crippen LogP contribution in [0.15, 0.2) is 46.4 Å². The quantitative estimate of drug-likeness (QED) is 0.480. The number of benzene rings is 1. The molecule has 0 heterocycles. The van der Waals surface area contributed by atoms with Gasteiger partial charge in [0.2, 0.25) is 0 Å². The van der Waals surface area contributed by atoms with Crippen molar-refractivity contribution >= 4 is 35.0 Å². The van der Waals surface area contributed by atoms with E-state index in [4.69, 9.17) is 21.6 Å². The third-order valence-electron chi connectivity index (χ3n) is 2.29. The second kappa shape index (κ2) is 9.11. The summed E-state index contributed by atoms with van der Waals surface area (Å²) in [6, 6.07) is 9.20. The SMILES string of the molecule is CCOC(=O)/C=C\S/C(Nc1ccc(Cl)cc1)=C(\C)C#N. The van der Waals surface area contributed by atoms with Crippen LogP contribution in [0.4, 0.5) is 5.69 Å². The van der Waals surface area contributed by atoms with Crippen molar-refractivity contribution in [2.75, 3.05) is 11.9 Å². The van der Waals surface area contributed by atoms with Crippen LogP contribution in [0.1, 0.15) is 13.8 Å². The summed E-state index contributed by atoms with van der Waals surface area (Å²) in [5.74, 6) is -0.412. The number of allylic oxidation sites excluding steroid dienone is 1. The summed E-state index contributed by atoms with van der Waals surface area (Å²) in [4.78, 5) is 11.2. The molecule has 0 amide bonds. The molecule has 1 aromatic rings. The minimum atomic E-state index is -0.412. The minimum absolute atomic E-state index is 0.330. The van der Waals surface area contributed by atoms with Gasteiger partial charge in [-0.25, -0.2) is 4.79 Å². The average Bonchev–Trinajstić information content (AvgIpc) is 2.48. The first-order valence-electron chi connectivity index (χ1n) is 6.20. The van der Waals surface area contributed by atoms with Crippen LogP contribution in [0.2, 0.25) is 5.02 Å². The van der Waals surface area contributed by atoms with Crippen molar-refractivity contribution in [3.05, 3.63) is 51.4 Å². The highest BCUT2D eigenvalue weighted by atomic mass is 35.5. The lowest BCUT2D eigenvalue weighted by Crippen LogP contribution is -2.00. The summed E-state index contributed by atoms with van der Waals surface area (Å²) < 4.78 is 4.79. The summed E-state index contributed by atoms with van der Waals surface area (Å²) in [5, 5.41) is 15.0. The molecule has 0 unspecified atom stereocenters. The molecule has 0 fully saturated rings. The predicted octanol–water partition coefficient (Wildman–Crippen LogP) is 4.32. The van der Waals surface area contributed by atoms with E-state index >= 15 is 0 Å². The van der Waals surface area contributed by atoms with Crippen LogP contribution in [0.3, 0.4) is 0 Å². The number of hydrogen-bond acceptors (Lipinski definition) is 5. The van der Waals surface area contributed by atoms with E-state index in [-0.39, 0.29) is 0 Å². The molecule has 0 aliphatic carbocycles.